The van der Waals surface area contributed by atoms with Crippen molar-refractivity contribution in [3.63, 3.8) is 0 Å². The molecular weight excluding hydrogens is 326 g/mol. The van der Waals surface area contributed by atoms with Crippen molar-refractivity contribution in [1.29, 1.82) is 0 Å². The zero-order valence-corrected chi connectivity index (χ0v) is 13.6. The fourth-order valence-corrected chi connectivity index (χ4v) is 3.02. The Labute approximate surface area is 149 Å². The van der Waals surface area contributed by atoms with Gasteiger partial charge in [-0.15, -0.1) is 0 Å². The maximum atomic E-state index is 12.2. The molecule has 5 rings (SSSR count). The maximum Gasteiger partial charge on any atom is 0.275 e. The second-order valence-electron chi connectivity index (χ2n) is 5.99. The smallest absolute Gasteiger partial charge is 0.275 e. The molecule has 0 unspecified atom stereocenters. The van der Waals surface area contributed by atoms with Gasteiger partial charge in [-0.3, -0.25) is 4.79 Å². The molecule has 1 N–H and O–H groups in total. The van der Waals surface area contributed by atoms with Crippen LogP contribution in [0.4, 0.5) is 11.4 Å². The monoisotopic (exact) mass is 339 g/mol. The predicted molar refractivity (Wildman–Crippen MR) is 101 cm³/mol. The van der Waals surface area contributed by atoms with Gasteiger partial charge in [0.25, 0.3) is 5.91 Å². The van der Waals surface area contributed by atoms with Crippen molar-refractivity contribution in [2.75, 3.05) is 5.32 Å². The number of hydrogen-bond acceptors (Lipinski definition) is 4. The number of amides is 1. The first-order valence-corrected chi connectivity index (χ1v) is 8.23. The summed E-state index contributed by atoms with van der Waals surface area (Å²) in [5.74, 6) is 0.378. The standard InChI is InChI=1S/C21H13N3O2/c25-20-19(15-5-1-2-6-16(15)23-20)22-14-11-9-13(10-12-14)21-24-17-7-3-4-8-18(17)26-21/h1-12H,(H,22,23,25). The maximum absolute atomic E-state index is 12.2. The quantitative estimate of drug-likeness (QED) is 0.582. The van der Waals surface area contributed by atoms with Crippen LogP contribution in [0.5, 0.6) is 0 Å². The molecule has 2 heterocycles. The van der Waals surface area contributed by atoms with E-state index in [9.17, 15) is 4.79 Å². The number of hydrogen-bond donors (Lipinski definition) is 1. The number of oxazole rings is 1. The van der Waals surface area contributed by atoms with Crippen LogP contribution in [0.2, 0.25) is 0 Å². The van der Waals surface area contributed by atoms with Gasteiger partial charge in [-0.25, -0.2) is 9.98 Å². The number of carbonyl (C=O) groups is 1. The Kier molecular flexibility index (Phi) is 3.18. The highest BCUT2D eigenvalue weighted by atomic mass is 16.3. The van der Waals surface area contributed by atoms with Crippen LogP contribution < -0.4 is 5.32 Å². The minimum Gasteiger partial charge on any atom is -0.436 e. The summed E-state index contributed by atoms with van der Waals surface area (Å²) >= 11 is 0. The first-order valence-electron chi connectivity index (χ1n) is 8.23. The normalized spacial score (nSPS) is 14.6. The fourth-order valence-electron chi connectivity index (χ4n) is 3.02. The van der Waals surface area contributed by atoms with Gasteiger partial charge in [-0.05, 0) is 42.5 Å². The number of fused-ring (bicyclic) bond motifs is 2. The molecule has 1 amide bonds. The number of para-hydroxylation sites is 3. The zero-order valence-electron chi connectivity index (χ0n) is 13.6. The largest absolute Gasteiger partial charge is 0.436 e. The highest BCUT2D eigenvalue weighted by Gasteiger charge is 2.25. The number of anilines is 1. The zero-order chi connectivity index (χ0) is 17.5. The third kappa shape index (κ3) is 2.38. The van der Waals surface area contributed by atoms with E-state index in [1.54, 1.807) is 0 Å². The number of aromatic nitrogens is 1. The summed E-state index contributed by atoms with van der Waals surface area (Å²) < 4.78 is 5.78. The van der Waals surface area contributed by atoms with Crippen molar-refractivity contribution in [2.24, 2.45) is 4.99 Å². The third-order valence-electron chi connectivity index (χ3n) is 4.29. The van der Waals surface area contributed by atoms with E-state index < -0.39 is 0 Å². The van der Waals surface area contributed by atoms with E-state index in [0.717, 1.165) is 27.9 Å². The molecule has 0 saturated heterocycles. The Morgan fingerprint density at radius 2 is 1.65 bits per heavy atom. The molecule has 0 atom stereocenters. The second-order valence-corrected chi connectivity index (χ2v) is 5.99. The van der Waals surface area contributed by atoms with Crippen LogP contribution in [0.25, 0.3) is 22.6 Å². The first-order chi connectivity index (χ1) is 12.8. The van der Waals surface area contributed by atoms with Gasteiger partial charge in [-0.1, -0.05) is 30.3 Å². The van der Waals surface area contributed by atoms with Crippen molar-refractivity contribution in [3.8, 4) is 11.5 Å². The minimum absolute atomic E-state index is 0.186. The summed E-state index contributed by atoms with van der Waals surface area (Å²) in [6, 6.07) is 22.7. The molecule has 26 heavy (non-hydrogen) atoms. The molecule has 5 heteroatoms. The highest BCUT2D eigenvalue weighted by Crippen LogP contribution is 2.28. The van der Waals surface area contributed by atoms with Gasteiger partial charge in [0.2, 0.25) is 5.89 Å². The second kappa shape index (κ2) is 5.67. The minimum atomic E-state index is -0.186. The number of aliphatic imine (C=N–C) groups is 1. The Balaban J connectivity index is 1.50. The van der Waals surface area contributed by atoms with Gasteiger partial charge >= 0.3 is 0 Å². The van der Waals surface area contributed by atoms with Crippen molar-refractivity contribution in [2.45, 2.75) is 0 Å². The van der Waals surface area contributed by atoms with Gasteiger partial charge in [0, 0.05) is 11.1 Å². The number of carbonyl (C=O) groups excluding carboxylic acids is 1. The lowest BCUT2D eigenvalue weighted by Crippen LogP contribution is -2.13. The summed E-state index contributed by atoms with van der Waals surface area (Å²) in [7, 11) is 0. The lowest BCUT2D eigenvalue weighted by atomic mass is 10.1. The summed E-state index contributed by atoms with van der Waals surface area (Å²) in [6.45, 7) is 0. The molecule has 124 valence electrons. The average Bonchev–Trinajstić information content (AvgIpc) is 3.24. The molecule has 0 aliphatic carbocycles. The molecule has 1 aliphatic heterocycles. The van der Waals surface area contributed by atoms with Crippen LogP contribution >= 0.6 is 0 Å². The molecular formula is C21H13N3O2. The van der Waals surface area contributed by atoms with Gasteiger partial charge in [0.15, 0.2) is 5.58 Å². The molecule has 0 radical (unpaired) electrons. The van der Waals surface area contributed by atoms with Crippen LogP contribution in [-0.4, -0.2) is 16.6 Å². The van der Waals surface area contributed by atoms with E-state index in [1.807, 2.05) is 72.8 Å². The number of nitrogens with one attached hydrogen (secondary N) is 1. The number of rotatable bonds is 2. The number of nitrogens with zero attached hydrogens (tertiary/aromatic N) is 2. The summed E-state index contributed by atoms with van der Waals surface area (Å²) in [4.78, 5) is 21.2. The Morgan fingerprint density at radius 1 is 0.885 bits per heavy atom. The van der Waals surface area contributed by atoms with E-state index in [2.05, 4.69) is 15.3 Å². The molecule has 1 aromatic heterocycles. The Morgan fingerprint density at radius 3 is 2.50 bits per heavy atom. The van der Waals surface area contributed by atoms with E-state index in [1.165, 1.54) is 0 Å². The van der Waals surface area contributed by atoms with Crippen LogP contribution in [0, 0.1) is 0 Å². The lowest BCUT2D eigenvalue weighted by Gasteiger charge is -1.99. The summed E-state index contributed by atoms with van der Waals surface area (Å²) in [5, 5.41) is 2.83. The van der Waals surface area contributed by atoms with Gasteiger partial charge < -0.3 is 9.73 Å². The first kappa shape index (κ1) is 14.6. The van der Waals surface area contributed by atoms with E-state index >= 15 is 0 Å². The van der Waals surface area contributed by atoms with Gasteiger partial charge in [-0.2, -0.15) is 0 Å². The van der Waals surface area contributed by atoms with E-state index in [4.69, 9.17) is 4.42 Å². The van der Waals surface area contributed by atoms with Gasteiger partial charge in [0.05, 0.1) is 11.4 Å². The van der Waals surface area contributed by atoms with Crippen LogP contribution in [0.1, 0.15) is 5.56 Å². The van der Waals surface area contributed by atoms with Crippen molar-refractivity contribution in [3.05, 3.63) is 78.4 Å². The van der Waals surface area contributed by atoms with Crippen LogP contribution in [0.15, 0.2) is 82.2 Å². The van der Waals surface area contributed by atoms with Crippen molar-refractivity contribution >= 4 is 34.1 Å². The van der Waals surface area contributed by atoms with Gasteiger partial charge in [0.1, 0.15) is 11.2 Å². The third-order valence-corrected chi connectivity index (χ3v) is 4.29. The summed E-state index contributed by atoms with van der Waals surface area (Å²) in [6.07, 6.45) is 0. The Bertz CT molecular complexity index is 1140. The SMILES string of the molecule is O=C1Nc2ccccc2C1=Nc1ccc(-c2nc3ccccc3o2)cc1. The Hall–Kier alpha value is -3.73. The lowest BCUT2D eigenvalue weighted by molar-refractivity contribution is -0.110. The van der Waals surface area contributed by atoms with Crippen molar-refractivity contribution in [1.82, 2.24) is 4.98 Å². The summed E-state index contributed by atoms with van der Waals surface area (Å²) in [5.41, 5.74) is 5.18. The van der Waals surface area contributed by atoms with Crippen molar-refractivity contribution < 1.29 is 9.21 Å². The molecule has 0 fully saturated rings. The highest BCUT2D eigenvalue weighted by molar-refractivity contribution is 6.54. The van der Waals surface area contributed by atoms with Crippen LogP contribution in [-0.2, 0) is 4.79 Å². The molecule has 0 saturated carbocycles. The molecule has 5 nitrogen and oxygen atoms in total. The molecule has 0 bridgehead atoms. The van der Waals surface area contributed by atoms with E-state index in [0.29, 0.717) is 17.3 Å². The molecule has 1 aliphatic rings. The topological polar surface area (TPSA) is 67.5 Å². The van der Waals surface area contributed by atoms with Crippen LogP contribution in [0.3, 0.4) is 0 Å². The molecule has 0 spiro atoms. The predicted octanol–water partition coefficient (Wildman–Crippen LogP) is 4.57. The molecule has 4 aromatic rings. The molecule has 3 aromatic carbocycles. The average molecular weight is 339 g/mol. The fraction of sp³-hybridized carbons (Fsp3) is 0. The van der Waals surface area contributed by atoms with E-state index in [-0.39, 0.29) is 5.91 Å². The number of benzene rings is 3.